The quantitative estimate of drug-likeness (QED) is 0.826. The van der Waals surface area contributed by atoms with Gasteiger partial charge in [0.1, 0.15) is 0 Å². The topological polar surface area (TPSA) is 12.0 Å². The van der Waals surface area contributed by atoms with Crippen molar-refractivity contribution in [2.75, 3.05) is 6.54 Å². The zero-order valence-corrected chi connectivity index (χ0v) is 11.7. The summed E-state index contributed by atoms with van der Waals surface area (Å²) < 4.78 is 0. The van der Waals surface area contributed by atoms with E-state index in [1.54, 1.807) is 0 Å². The van der Waals surface area contributed by atoms with E-state index in [0.29, 0.717) is 6.04 Å². The Hall–Kier alpha value is -1.08. The van der Waals surface area contributed by atoms with Crippen LogP contribution in [0.15, 0.2) is 30.3 Å². The van der Waals surface area contributed by atoms with Crippen molar-refractivity contribution in [2.24, 2.45) is 0 Å². The van der Waals surface area contributed by atoms with Crippen LogP contribution in [0.3, 0.4) is 0 Å². The maximum absolute atomic E-state index is 3.36. The average Bonchev–Trinajstić information content (AvgIpc) is 2.23. The maximum Gasteiger partial charge on any atom is 0.0140 e. The molecule has 1 aromatic rings. The van der Waals surface area contributed by atoms with Gasteiger partial charge in [-0.25, -0.2) is 0 Å². The lowest BCUT2D eigenvalue weighted by Gasteiger charge is -2.18. The third-order valence-electron chi connectivity index (χ3n) is 2.73. The minimum atomic E-state index is 0.238. The van der Waals surface area contributed by atoms with Gasteiger partial charge in [-0.2, -0.15) is 0 Å². The summed E-state index contributed by atoms with van der Waals surface area (Å²) in [4.78, 5) is 0. The summed E-state index contributed by atoms with van der Waals surface area (Å²) in [6, 6.07) is 9.35. The Kier molecular flexibility index (Phi) is 4.95. The molecule has 0 radical (unpaired) electrons. The van der Waals surface area contributed by atoms with E-state index in [0.717, 1.165) is 6.54 Å². The molecule has 0 amide bonds. The van der Waals surface area contributed by atoms with Crippen LogP contribution >= 0.6 is 0 Å². The minimum absolute atomic E-state index is 0.238. The van der Waals surface area contributed by atoms with E-state index in [-0.39, 0.29) is 5.41 Å². The Morgan fingerprint density at radius 3 is 2.18 bits per heavy atom. The van der Waals surface area contributed by atoms with Crippen LogP contribution in [0.2, 0.25) is 0 Å². The fraction of sp³-hybridized carbons (Fsp3) is 0.500. The van der Waals surface area contributed by atoms with Gasteiger partial charge >= 0.3 is 0 Å². The summed E-state index contributed by atoms with van der Waals surface area (Å²) in [6.07, 6.45) is 4.34. The highest BCUT2D eigenvalue weighted by Gasteiger charge is 2.12. The second-order valence-electron chi connectivity index (χ2n) is 5.84. The van der Waals surface area contributed by atoms with E-state index >= 15 is 0 Å². The number of nitrogens with one attached hydrogen (secondary N) is 1. The molecule has 0 aliphatic carbocycles. The molecule has 0 unspecified atom stereocenters. The highest BCUT2D eigenvalue weighted by molar-refractivity contribution is 5.50. The fourth-order valence-corrected chi connectivity index (χ4v) is 1.59. The summed E-state index contributed by atoms with van der Waals surface area (Å²) in [5.74, 6) is 0. The van der Waals surface area contributed by atoms with E-state index in [1.165, 1.54) is 11.1 Å². The largest absolute Gasteiger partial charge is 0.311 e. The SMILES string of the molecule is CC(C)NCC=Cc1ccc(C(C)(C)C)cc1. The van der Waals surface area contributed by atoms with Crippen LogP contribution in [-0.2, 0) is 5.41 Å². The normalized spacial score (nSPS) is 12.6. The fourth-order valence-electron chi connectivity index (χ4n) is 1.59. The van der Waals surface area contributed by atoms with Gasteiger partial charge in [0, 0.05) is 12.6 Å². The molecule has 0 fully saturated rings. The molecule has 17 heavy (non-hydrogen) atoms. The van der Waals surface area contributed by atoms with Crippen molar-refractivity contribution in [1.82, 2.24) is 5.32 Å². The van der Waals surface area contributed by atoms with Crippen LogP contribution in [0.4, 0.5) is 0 Å². The first-order valence-corrected chi connectivity index (χ1v) is 6.40. The molecule has 0 aliphatic rings. The van der Waals surface area contributed by atoms with Crippen LogP contribution in [0.25, 0.3) is 6.08 Å². The third-order valence-corrected chi connectivity index (χ3v) is 2.73. The summed E-state index contributed by atoms with van der Waals surface area (Å²) in [5, 5.41) is 3.36. The Balaban J connectivity index is 2.57. The van der Waals surface area contributed by atoms with Crippen molar-refractivity contribution in [3.05, 3.63) is 41.5 Å². The minimum Gasteiger partial charge on any atom is -0.311 e. The molecule has 94 valence electrons. The predicted octanol–water partition coefficient (Wildman–Crippen LogP) is 4.00. The summed E-state index contributed by atoms with van der Waals surface area (Å²) in [7, 11) is 0. The van der Waals surface area contributed by atoms with Crippen LogP contribution in [0.1, 0.15) is 45.7 Å². The third kappa shape index (κ3) is 5.18. The van der Waals surface area contributed by atoms with E-state index in [2.05, 4.69) is 76.4 Å². The van der Waals surface area contributed by atoms with Crippen molar-refractivity contribution in [3.8, 4) is 0 Å². The van der Waals surface area contributed by atoms with Gasteiger partial charge in [-0.3, -0.25) is 0 Å². The van der Waals surface area contributed by atoms with Crippen LogP contribution in [-0.4, -0.2) is 12.6 Å². The monoisotopic (exact) mass is 231 g/mol. The lowest BCUT2D eigenvalue weighted by atomic mass is 9.87. The summed E-state index contributed by atoms with van der Waals surface area (Å²) in [6.45, 7) is 12.0. The maximum atomic E-state index is 3.36. The van der Waals surface area contributed by atoms with Gasteiger partial charge in [-0.15, -0.1) is 0 Å². The molecule has 0 spiro atoms. The van der Waals surface area contributed by atoms with Gasteiger partial charge in [0.05, 0.1) is 0 Å². The van der Waals surface area contributed by atoms with Gasteiger partial charge in [0.15, 0.2) is 0 Å². The molecule has 1 heteroatoms. The molecule has 0 aromatic heterocycles. The molecule has 1 rings (SSSR count). The molecular weight excluding hydrogens is 206 g/mol. The van der Waals surface area contributed by atoms with Crippen LogP contribution in [0, 0.1) is 0 Å². The molecule has 0 saturated carbocycles. The van der Waals surface area contributed by atoms with Crippen molar-refractivity contribution in [1.29, 1.82) is 0 Å². The van der Waals surface area contributed by atoms with Gasteiger partial charge < -0.3 is 5.32 Å². The Labute approximate surface area is 106 Å². The van der Waals surface area contributed by atoms with E-state index in [9.17, 15) is 0 Å². The highest BCUT2D eigenvalue weighted by atomic mass is 14.9. The van der Waals surface area contributed by atoms with E-state index < -0.39 is 0 Å². The van der Waals surface area contributed by atoms with Gasteiger partial charge in [-0.05, 0) is 16.5 Å². The lowest BCUT2D eigenvalue weighted by molar-refractivity contribution is 0.590. The summed E-state index contributed by atoms with van der Waals surface area (Å²) >= 11 is 0. The number of rotatable bonds is 4. The smallest absolute Gasteiger partial charge is 0.0140 e. The van der Waals surface area contributed by atoms with Crippen molar-refractivity contribution >= 4 is 6.08 Å². The number of hydrogen-bond acceptors (Lipinski definition) is 1. The Bertz CT molecular complexity index is 352. The summed E-state index contributed by atoms with van der Waals surface area (Å²) in [5.41, 5.74) is 2.89. The predicted molar refractivity (Wildman–Crippen MR) is 77.3 cm³/mol. The first-order chi connectivity index (χ1) is 7.89. The molecule has 1 N–H and O–H groups in total. The molecule has 0 atom stereocenters. The van der Waals surface area contributed by atoms with Crippen molar-refractivity contribution < 1.29 is 0 Å². The van der Waals surface area contributed by atoms with Crippen LogP contribution < -0.4 is 5.32 Å². The Morgan fingerprint density at radius 2 is 1.71 bits per heavy atom. The second-order valence-corrected chi connectivity index (χ2v) is 5.84. The van der Waals surface area contributed by atoms with Crippen molar-refractivity contribution in [2.45, 2.75) is 46.1 Å². The standard InChI is InChI=1S/C16H25N/c1-13(2)17-12-6-7-14-8-10-15(11-9-14)16(3,4)5/h6-11,13,17H,12H2,1-5H3. The van der Waals surface area contributed by atoms with E-state index in [4.69, 9.17) is 0 Å². The Morgan fingerprint density at radius 1 is 1.12 bits per heavy atom. The molecule has 0 saturated heterocycles. The van der Waals surface area contributed by atoms with E-state index in [1.807, 2.05) is 0 Å². The highest BCUT2D eigenvalue weighted by Crippen LogP contribution is 2.22. The molecular formula is C16H25N. The average molecular weight is 231 g/mol. The molecule has 0 heterocycles. The number of hydrogen-bond donors (Lipinski definition) is 1. The first kappa shape index (κ1) is 14.0. The zero-order valence-electron chi connectivity index (χ0n) is 11.7. The lowest BCUT2D eigenvalue weighted by Crippen LogP contribution is -2.22. The first-order valence-electron chi connectivity index (χ1n) is 6.40. The van der Waals surface area contributed by atoms with Gasteiger partial charge in [-0.1, -0.05) is 71.0 Å². The van der Waals surface area contributed by atoms with Crippen LogP contribution in [0.5, 0.6) is 0 Å². The molecule has 0 bridgehead atoms. The van der Waals surface area contributed by atoms with Gasteiger partial charge in [0.2, 0.25) is 0 Å². The molecule has 0 aliphatic heterocycles. The van der Waals surface area contributed by atoms with Gasteiger partial charge in [0.25, 0.3) is 0 Å². The molecule has 1 aromatic carbocycles. The van der Waals surface area contributed by atoms with Crippen molar-refractivity contribution in [3.63, 3.8) is 0 Å². The number of benzene rings is 1. The zero-order chi connectivity index (χ0) is 12.9. The second kappa shape index (κ2) is 6.02. The molecule has 1 nitrogen and oxygen atoms in total.